The highest BCUT2D eigenvalue weighted by molar-refractivity contribution is 9.10. The van der Waals surface area contributed by atoms with Crippen molar-refractivity contribution in [3.8, 4) is 11.5 Å². The lowest BCUT2D eigenvalue weighted by atomic mass is 10.2. The van der Waals surface area contributed by atoms with Crippen LogP contribution in [0.2, 0.25) is 5.15 Å². The van der Waals surface area contributed by atoms with Gasteiger partial charge in [-0.15, -0.1) is 0 Å². The molecule has 0 spiro atoms. The molecule has 0 bridgehead atoms. The largest absolute Gasteiger partial charge is 0.253 e. The highest BCUT2D eigenvalue weighted by atomic mass is 79.9. The lowest BCUT2D eigenvalue weighted by Crippen LogP contribution is -1.98. The van der Waals surface area contributed by atoms with E-state index in [0.29, 0.717) is 16.9 Å². The van der Waals surface area contributed by atoms with E-state index in [9.17, 15) is 0 Å². The lowest BCUT2D eigenvalue weighted by Gasteiger charge is -2.07. The fraction of sp³-hybridized carbons (Fsp3) is 0.308. The van der Waals surface area contributed by atoms with Crippen LogP contribution in [0.15, 0.2) is 22.8 Å². The van der Waals surface area contributed by atoms with Gasteiger partial charge in [-0.2, -0.15) is 0 Å². The Morgan fingerprint density at radius 2 is 2.11 bits per heavy atom. The van der Waals surface area contributed by atoms with Crippen LogP contribution in [0.4, 0.5) is 0 Å². The topological polar surface area (TPSA) is 38.7 Å². The van der Waals surface area contributed by atoms with Crippen LogP contribution in [0.3, 0.4) is 0 Å². The zero-order valence-electron chi connectivity index (χ0n) is 9.82. The summed E-state index contributed by atoms with van der Waals surface area (Å²) in [4.78, 5) is 13.2. The molecule has 0 N–H and O–H groups in total. The van der Waals surface area contributed by atoms with Gasteiger partial charge in [0.15, 0.2) is 5.82 Å². The maximum absolute atomic E-state index is 6.15. The SMILES string of the molecule is Cc1ccnc(-c2nc(Cl)c(Br)c(C3CC3)n2)c1. The predicted molar refractivity (Wildman–Crippen MR) is 74.7 cm³/mol. The first kappa shape index (κ1) is 12.1. The number of halogens is 2. The Kier molecular flexibility index (Phi) is 3.08. The fourth-order valence-corrected chi connectivity index (χ4v) is 2.51. The molecule has 1 aliphatic carbocycles. The second-order valence-corrected chi connectivity index (χ2v) is 5.68. The molecule has 1 aliphatic rings. The lowest BCUT2D eigenvalue weighted by molar-refractivity contribution is 0.973. The summed E-state index contributed by atoms with van der Waals surface area (Å²) in [6.07, 6.45) is 4.11. The third kappa shape index (κ3) is 2.27. The molecule has 92 valence electrons. The normalized spacial score (nSPS) is 14.8. The monoisotopic (exact) mass is 323 g/mol. The van der Waals surface area contributed by atoms with Crippen molar-refractivity contribution in [2.45, 2.75) is 25.7 Å². The van der Waals surface area contributed by atoms with Crippen LogP contribution in [0.25, 0.3) is 11.5 Å². The summed E-state index contributed by atoms with van der Waals surface area (Å²) in [6, 6.07) is 3.92. The average molecular weight is 325 g/mol. The molecule has 0 aliphatic heterocycles. The highest BCUT2D eigenvalue weighted by Crippen LogP contribution is 2.44. The van der Waals surface area contributed by atoms with E-state index in [1.807, 2.05) is 19.1 Å². The van der Waals surface area contributed by atoms with E-state index in [4.69, 9.17) is 11.6 Å². The van der Waals surface area contributed by atoms with Gasteiger partial charge in [-0.3, -0.25) is 4.98 Å². The van der Waals surface area contributed by atoms with E-state index >= 15 is 0 Å². The van der Waals surface area contributed by atoms with Gasteiger partial charge in [0.25, 0.3) is 0 Å². The molecule has 0 aromatic carbocycles. The standard InChI is InChI=1S/C13H11BrClN3/c1-7-4-5-16-9(6-7)13-17-11(8-2-3-8)10(14)12(15)18-13/h4-6,8H,2-3H2,1H3. The first-order valence-electron chi connectivity index (χ1n) is 5.81. The number of aromatic nitrogens is 3. The third-order valence-corrected chi connectivity index (χ3v) is 4.23. The summed E-state index contributed by atoms with van der Waals surface area (Å²) in [5, 5.41) is 0.463. The Balaban J connectivity index is 2.12. The first-order chi connectivity index (χ1) is 8.65. The molecular weight excluding hydrogens is 314 g/mol. The highest BCUT2D eigenvalue weighted by Gasteiger charge is 2.29. The average Bonchev–Trinajstić information content (AvgIpc) is 3.16. The minimum absolute atomic E-state index is 0.463. The van der Waals surface area contributed by atoms with E-state index in [0.717, 1.165) is 21.4 Å². The Hall–Kier alpha value is -1.00. The van der Waals surface area contributed by atoms with E-state index in [1.54, 1.807) is 6.20 Å². The molecule has 2 aromatic heterocycles. The van der Waals surface area contributed by atoms with Crippen LogP contribution < -0.4 is 0 Å². The quantitative estimate of drug-likeness (QED) is 0.779. The summed E-state index contributed by atoms with van der Waals surface area (Å²) < 4.78 is 0.822. The van der Waals surface area contributed by atoms with Gasteiger partial charge in [0.2, 0.25) is 0 Å². The summed E-state index contributed by atoms with van der Waals surface area (Å²) in [5.41, 5.74) is 2.91. The summed E-state index contributed by atoms with van der Waals surface area (Å²) in [5.74, 6) is 1.12. The zero-order chi connectivity index (χ0) is 12.7. The van der Waals surface area contributed by atoms with Crippen molar-refractivity contribution in [1.29, 1.82) is 0 Å². The molecule has 0 atom stereocenters. The van der Waals surface area contributed by atoms with Crippen molar-refractivity contribution >= 4 is 27.5 Å². The van der Waals surface area contributed by atoms with Crippen LogP contribution in [-0.2, 0) is 0 Å². The van der Waals surface area contributed by atoms with E-state index < -0.39 is 0 Å². The Morgan fingerprint density at radius 3 is 2.78 bits per heavy atom. The van der Waals surface area contributed by atoms with Crippen LogP contribution in [0.5, 0.6) is 0 Å². The molecule has 18 heavy (non-hydrogen) atoms. The first-order valence-corrected chi connectivity index (χ1v) is 6.98. The Labute approximate surface area is 119 Å². The molecule has 0 radical (unpaired) electrons. The maximum Gasteiger partial charge on any atom is 0.179 e. The number of hydrogen-bond acceptors (Lipinski definition) is 3. The van der Waals surface area contributed by atoms with Crippen LogP contribution in [0.1, 0.15) is 30.0 Å². The molecule has 0 amide bonds. The summed E-state index contributed by atoms with van der Waals surface area (Å²) >= 11 is 9.62. The molecule has 2 aromatic rings. The second kappa shape index (κ2) is 4.59. The number of nitrogens with zero attached hydrogens (tertiary/aromatic N) is 3. The molecule has 3 nitrogen and oxygen atoms in total. The zero-order valence-corrected chi connectivity index (χ0v) is 12.2. The minimum Gasteiger partial charge on any atom is -0.253 e. The van der Waals surface area contributed by atoms with Crippen molar-refractivity contribution in [1.82, 2.24) is 15.0 Å². The maximum atomic E-state index is 6.15. The molecule has 5 heteroatoms. The van der Waals surface area contributed by atoms with Crippen molar-refractivity contribution in [3.05, 3.63) is 39.2 Å². The predicted octanol–water partition coefficient (Wildman–Crippen LogP) is 4.14. The number of rotatable bonds is 2. The molecule has 3 rings (SSSR count). The Bertz CT molecular complexity index is 611. The van der Waals surface area contributed by atoms with Crippen LogP contribution >= 0.6 is 27.5 Å². The van der Waals surface area contributed by atoms with Gasteiger partial charge in [0, 0.05) is 12.1 Å². The summed E-state index contributed by atoms with van der Waals surface area (Å²) in [7, 11) is 0. The molecular formula is C13H11BrClN3. The van der Waals surface area contributed by atoms with Gasteiger partial charge in [-0.05, 0) is 53.4 Å². The number of hydrogen-bond donors (Lipinski definition) is 0. The van der Waals surface area contributed by atoms with Gasteiger partial charge in [-0.25, -0.2) is 9.97 Å². The third-order valence-electron chi connectivity index (χ3n) is 2.95. The van der Waals surface area contributed by atoms with Gasteiger partial charge < -0.3 is 0 Å². The van der Waals surface area contributed by atoms with Gasteiger partial charge >= 0.3 is 0 Å². The molecule has 1 fully saturated rings. The van der Waals surface area contributed by atoms with Crippen molar-refractivity contribution < 1.29 is 0 Å². The number of pyridine rings is 1. The van der Waals surface area contributed by atoms with Crippen molar-refractivity contribution in [2.24, 2.45) is 0 Å². The van der Waals surface area contributed by atoms with Gasteiger partial charge in [-0.1, -0.05) is 11.6 Å². The molecule has 1 saturated carbocycles. The fourth-order valence-electron chi connectivity index (χ4n) is 1.84. The minimum atomic E-state index is 0.463. The number of aryl methyl sites for hydroxylation is 1. The molecule has 0 unspecified atom stereocenters. The molecule has 0 saturated heterocycles. The van der Waals surface area contributed by atoms with E-state index in [1.165, 1.54) is 12.8 Å². The molecule has 2 heterocycles. The van der Waals surface area contributed by atoms with Crippen molar-refractivity contribution in [3.63, 3.8) is 0 Å². The van der Waals surface area contributed by atoms with Crippen molar-refractivity contribution in [2.75, 3.05) is 0 Å². The van der Waals surface area contributed by atoms with E-state index in [-0.39, 0.29) is 0 Å². The second-order valence-electron chi connectivity index (χ2n) is 4.53. The van der Waals surface area contributed by atoms with Crippen LogP contribution in [-0.4, -0.2) is 15.0 Å². The smallest absolute Gasteiger partial charge is 0.179 e. The van der Waals surface area contributed by atoms with Gasteiger partial charge in [0.1, 0.15) is 10.8 Å². The summed E-state index contributed by atoms with van der Waals surface area (Å²) in [6.45, 7) is 2.02. The van der Waals surface area contributed by atoms with Crippen LogP contribution in [0, 0.1) is 6.92 Å². The van der Waals surface area contributed by atoms with Gasteiger partial charge in [0.05, 0.1) is 10.2 Å². The van der Waals surface area contributed by atoms with E-state index in [2.05, 4.69) is 30.9 Å². The Morgan fingerprint density at radius 1 is 1.33 bits per heavy atom.